The van der Waals surface area contributed by atoms with Crippen molar-refractivity contribution in [1.29, 1.82) is 0 Å². The highest BCUT2D eigenvalue weighted by atomic mass is 35.5. The van der Waals surface area contributed by atoms with Crippen LogP contribution in [0.1, 0.15) is 12.0 Å². The van der Waals surface area contributed by atoms with Crippen LogP contribution in [-0.2, 0) is 16.0 Å². The minimum atomic E-state index is -0.670. The van der Waals surface area contributed by atoms with Gasteiger partial charge in [0.05, 0.1) is 0 Å². The quantitative estimate of drug-likeness (QED) is 0.469. The smallest absolute Gasteiger partial charge is 0.309 e. The Kier molecular flexibility index (Phi) is 6.89. The zero-order valence-corrected chi connectivity index (χ0v) is 11.2. The Morgan fingerprint density at radius 2 is 1.63 bits per heavy atom. The highest BCUT2D eigenvalue weighted by Crippen LogP contribution is 2.02. The minimum Gasteiger partial charge on any atom is -0.348 e. The number of alkyl halides is 1. The number of carbonyl (C=O) groups excluding carboxylic acids is 2. The molecule has 2 amide bonds. The first-order valence-electron chi connectivity index (χ1n) is 6.00. The van der Waals surface area contributed by atoms with E-state index in [1.165, 1.54) is 12.1 Å². The molecule has 1 aromatic rings. The molecule has 0 aliphatic heterocycles. The largest absolute Gasteiger partial charge is 0.348 e. The Labute approximate surface area is 116 Å². The molecule has 0 bridgehead atoms. The Bertz CT molecular complexity index is 423. The third-order valence-corrected chi connectivity index (χ3v) is 2.68. The van der Waals surface area contributed by atoms with Crippen molar-refractivity contribution in [2.24, 2.45) is 0 Å². The molecular formula is C13H16ClFN2O2. The van der Waals surface area contributed by atoms with E-state index < -0.39 is 11.8 Å². The molecule has 2 N–H and O–H groups in total. The van der Waals surface area contributed by atoms with Gasteiger partial charge < -0.3 is 10.6 Å². The molecule has 1 aromatic carbocycles. The lowest BCUT2D eigenvalue weighted by Crippen LogP contribution is -2.41. The molecule has 0 unspecified atom stereocenters. The van der Waals surface area contributed by atoms with Gasteiger partial charge in [0, 0.05) is 19.0 Å². The van der Waals surface area contributed by atoms with E-state index in [9.17, 15) is 14.0 Å². The van der Waals surface area contributed by atoms with E-state index in [0.29, 0.717) is 31.8 Å². The predicted molar refractivity (Wildman–Crippen MR) is 71.5 cm³/mol. The summed E-state index contributed by atoms with van der Waals surface area (Å²) < 4.78 is 12.7. The van der Waals surface area contributed by atoms with Gasteiger partial charge in [-0.25, -0.2) is 4.39 Å². The molecule has 0 heterocycles. The second-order valence-corrected chi connectivity index (χ2v) is 4.31. The van der Waals surface area contributed by atoms with Gasteiger partial charge in [0.1, 0.15) is 5.82 Å². The molecule has 0 aliphatic rings. The van der Waals surface area contributed by atoms with Gasteiger partial charge in [0.15, 0.2) is 0 Å². The number of hydrogen-bond donors (Lipinski definition) is 2. The molecule has 4 nitrogen and oxygen atoms in total. The summed E-state index contributed by atoms with van der Waals surface area (Å²) in [4.78, 5) is 22.7. The van der Waals surface area contributed by atoms with Gasteiger partial charge in [-0.1, -0.05) is 12.1 Å². The zero-order valence-electron chi connectivity index (χ0n) is 10.4. The number of hydrogen-bond acceptors (Lipinski definition) is 2. The summed E-state index contributed by atoms with van der Waals surface area (Å²) in [5, 5.41) is 4.95. The van der Waals surface area contributed by atoms with Crippen molar-refractivity contribution >= 4 is 23.4 Å². The third kappa shape index (κ3) is 6.20. The second kappa shape index (κ2) is 8.48. The third-order valence-electron chi connectivity index (χ3n) is 2.41. The topological polar surface area (TPSA) is 58.2 Å². The Morgan fingerprint density at radius 1 is 1.05 bits per heavy atom. The van der Waals surface area contributed by atoms with Crippen molar-refractivity contribution in [3.8, 4) is 0 Å². The van der Waals surface area contributed by atoms with Crippen LogP contribution >= 0.6 is 11.6 Å². The number of carbonyl (C=O) groups is 2. The first-order valence-corrected chi connectivity index (χ1v) is 6.53. The Hall–Kier alpha value is -1.62. The molecule has 0 radical (unpaired) electrons. The molecule has 0 spiro atoms. The lowest BCUT2D eigenvalue weighted by Gasteiger charge is -2.06. The van der Waals surface area contributed by atoms with E-state index in [4.69, 9.17) is 11.6 Å². The summed E-state index contributed by atoms with van der Waals surface area (Å²) in [5.41, 5.74) is 0.893. The van der Waals surface area contributed by atoms with Crippen LogP contribution in [0.25, 0.3) is 0 Å². The van der Waals surface area contributed by atoms with Crippen LogP contribution in [0.3, 0.4) is 0 Å². The van der Waals surface area contributed by atoms with Crippen LogP contribution in [0.15, 0.2) is 24.3 Å². The zero-order chi connectivity index (χ0) is 14.1. The Morgan fingerprint density at radius 3 is 2.21 bits per heavy atom. The van der Waals surface area contributed by atoms with Crippen molar-refractivity contribution in [1.82, 2.24) is 10.6 Å². The molecule has 0 saturated carbocycles. The van der Waals surface area contributed by atoms with Crippen molar-refractivity contribution in [2.75, 3.05) is 19.0 Å². The molecule has 104 valence electrons. The van der Waals surface area contributed by atoms with Gasteiger partial charge in [-0.3, -0.25) is 9.59 Å². The van der Waals surface area contributed by atoms with E-state index in [2.05, 4.69) is 10.6 Å². The maximum absolute atomic E-state index is 12.7. The van der Waals surface area contributed by atoms with Gasteiger partial charge >= 0.3 is 11.8 Å². The molecule has 6 heteroatoms. The number of nitrogens with one attached hydrogen (secondary N) is 2. The second-order valence-electron chi connectivity index (χ2n) is 3.93. The first kappa shape index (κ1) is 15.4. The molecule has 19 heavy (non-hydrogen) atoms. The SMILES string of the molecule is O=C(NCCCCl)C(=O)NCCc1ccc(F)cc1. The van der Waals surface area contributed by atoms with Gasteiger partial charge in [-0.05, 0) is 30.5 Å². The fraction of sp³-hybridized carbons (Fsp3) is 0.385. The molecule has 0 aromatic heterocycles. The normalized spacial score (nSPS) is 10.0. The molecule has 0 saturated heterocycles. The predicted octanol–water partition coefficient (Wildman–Crippen LogP) is 1.23. The van der Waals surface area contributed by atoms with Crippen LogP contribution in [0.2, 0.25) is 0 Å². The fourth-order valence-corrected chi connectivity index (χ4v) is 1.53. The van der Waals surface area contributed by atoms with Crippen LogP contribution in [0, 0.1) is 5.82 Å². The lowest BCUT2D eigenvalue weighted by molar-refractivity contribution is -0.139. The van der Waals surface area contributed by atoms with E-state index in [1.807, 2.05) is 0 Å². The summed E-state index contributed by atoms with van der Waals surface area (Å²) in [5.74, 6) is -1.20. The van der Waals surface area contributed by atoms with E-state index in [1.54, 1.807) is 12.1 Å². The summed E-state index contributed by atoms with van der Waals surface area (Å²) >= 11 is 5.45. The maximum Gasteiger partial charge on any atom is 0.309 e. The van der Waals surface area contributed by atoms with E-state index in [-0.39, 0.29) is 5.82 Å². The summed E-state index contributed by atoms with van der Waals surface area (Å²) in [6.07, 6.45) is 1.16. The van der Waals surface area contributed by atoms with E-state index in [0.717, 1.165) is 5.56 Å². The molecule has 1 rings (SSSR count). The van der Waals surface area contributed by atoms with Crippen LogP contribution in [0.5, 0.6) is 0 Å². The summed E-state index contributed by atoms with van der Waals surface area (Å²) in [6, 6.07) is 6.00. The highest BCUT2D eigenvalue weighted by molar-refractivity contribution is 6.35. The molecule has 0 atom stereocenters. The fourth-order valence-electron chi connectivity index (χ4n) is 1.40. The number of halogens is 2. The maximum atomic E-state index is 12.7. The standard InChI is InChI=1S/C13H16ClFN2O2/c14-7-1-8-16-12(18)13(19)17-9-6-10-2-4-11(15)5-3-10/h2-5H,1,6-9H2,(H,16,18)(H,17,19). The van der Waals surface area contributed by atoms with Crippen LogP contribution in [-0.4, -0.2) is 30.8 Å². The summed E-state index contributed by atoms with van der Waals surface area (Å²) in [6.45, 7) is 0.709. The van der Waals surface area contributed by atoms with Gasteiger partial charge in [-0.2, -0.15) is 0 Å². The van der Waals surface area contributed by atoms with Crippen molar-refractivity contribution in [3.05, 3.63) is 35.6 Å². The van der Waals surface area contributed by atoms with Crippen molar-refractivity contribution in [2.45, 2.75) is 12.8 Å². The van der Waals surface area contributed by atoms with Gasteiger partial charge in [0.2, 0.25) is 0 Å². The lowest BCUT2D eigenvalue weighted by atomic mass is 10.1. The number of rotatable bonds is 6. The molecule has 0 fully saturated rings. The summed E-state index contributed by atoms with van der Waals surface area (Å²) in [7, 11) is 0. The first-order chi connectivity index (χ1) is 9.13. The van der Waals surface area contributed by atoms with Crippen molar-refractivity contribution < 1.29 is 14.0 Å². The average Bonchev–Trinajstić information content (AvgIpc) is 2.41. The average molecular weight is 287 g/mol. The van der Waals surface area contributed by atoms with Gasteiger partial charge in [-0.15, -0.1) is 11.6 Å². The molecule has 0 aliphatic carbocycles. The van der Waals surface area contributed by atoms with Crippen LogP contribution in [0.4, 0.5) is 4.39 Å². The van der Waals surface area contributed by atoms with Crippen molar-refractivity contribution in [3.63, 3.8) is 0 Å². The Balaban J connectivity index is 2.23. The highest BCUT2D eigenvalue weighted by Gasteiger charge is 2.11. The monoisotopic (exact) mass is 286 g/mol. The van der Waals surface area contributed by atoms with E-state index >= 15 is 0 Å². The minimum absolute atomic E-state index is 0.300. The molecular weight excluding hydrogens is 271 g/mol. The number of benzene rings is 1. The number of amides is 2. The van der Waals surface area contributed by atoms with Gasteiger partial charge in [0.25, 0.3) is 0 Å². The van der Waals surface area contributed by atoms with Crippen LogP contribution < -0.4 is 10.6 Å².